The summed E-state index contributed by atoms with van der Waals surface area (Å²) in [5, 5.41) is 5.78. The average molecular weight is 441 g/mol. The Bertz CT molecular complexity index is 1070. The van der Waals surface area contributed by atoms with Crippen LogP contribution in [0.5, 0.6) is 0 Å². The number of hydrogen-bond acceptors (Lipinski definition) is 6. The minimum absolute atomic E-state index is 0.150. The number of nitrogens with one attached hydrogen (secondary N) is 2. The first-order valence-corrected chi connectivity index (χ1v) is 12.0. The lowest BCUT2D eigenvalue weighted by atomic mass is 9.84. The van der Waals surface area contributed by atoms with Gasteiger partial charge in [-0.2, -0.15) is 0 Å². The van der Waals surface area contributed by atoms with E-state index in [0.717, 1.165) is 11.3 Å². The second kappa shape index (κ2) is 9.57. The first-order valence-electron chi connectivity index (χ1n) is 10.1. The van der Waals surface area contributed by atoms with Crippen molar-refractivity contribution in [2.45, 2.75) is 50.1 Å². The number of hydrogen-bond donors (Lipinski definition) is 2. The maximum atomic E-state index is 12.2. The fourth-order valence-electron chi connectivity index (χ4n) is 3.73. The van der Waals surface area contributed by atoms with Crippen LogP contribution in [0.3, 0.4) is 0 Å². The van der Waals surface area contributed by atoms with Crippen molar-refractivity contribution < 1.29 is 4.79 Å². The maximum absolute atomic E-state index is 12.2. The van der Waals surface area contributed by atoms with Crippen molar-refractivity contribution >= 4 is 34.1 Å². The number of nitrogens with zero attached hydrogens (tertiary/aromatic N) is 2. The number of aromatic nitrogens is 3. The lowest BCUT2D eigenvalue weighted by Crippen LogP contribution is -2.15. The number of thiazole rings is 1. The van der Waals surface area contributed by atoms with Crippen molar-refractivity contribution in [2.24, 2.45) is 0 Å². The highest BCUT2D eigenvalue weighted by molar-refractivity contribution is 7.99. The normalized spacial score (nSPS) is 14.6. The molecular weight excluding hydrogens is 416 g/mol. The average Bonchev–Trinajstić information content (AvgIpc) is 3.21. The van der Waals surface area contributed by atoms with E-state index in [1.165, 1.54) is 66.8 Å². The Morgan fingerprint density at radius 2 is 1.97 bits per heavy atom. The molecule has 2 heterocycles. The fourth-order valence-corrected chi connectivity index (χ4v) is 5.19. The molecule has 1 fully saturated rings. The summed E-state index contributed by atoms with van der Waals surface area (Å²) in [6.07, 6.45) is 6.60. The van der Waals surface area contributed by atoms with E-state index < -0.39 is 0 Å². The van der Waals surface area contributed by atoms with E-state index in [1.54, 1.807) is 6.92 Å². The molecule has 0 aliphatic heterocycles. The number of thioether (sulfide) groups is 1. The van der Waals surface area contributed by atoms with E-state index in [-0.39, 0.29) is 17.2 Å². The Labute approximate surface area is 183 Å². The molecule has 0 unspecified atom stereocenters. The minimum Gasteiger partial charge on any atom is -0.301 e. The van der Waals surface area contributed by atoms with Crippen LogP contribution in [-0.2, 0) is 4.79 Å². The third-order valence-electron chi connectivity index (χ3n) is 5.22. The molecule has 1 aromatic carbocycles. The molecular formula is C22H24N4O2S2. The monoisotopic (exact) mass is 440 g/mol. The summed E-state index contributed by atoms with van der Waals surface area (Å²) in [7, 11) is 0. The Kier molecular flexibility index (Phi) is 6.64. The van der Waals surface area contributed by atoms with Gasteiger partial charge in [0, 0.05) is 22.7 Å². The molecule has 2 aromatic heterocycles. The van der Waals surface area contributed by atoms with Crippen LogP contribution in [0.15, 0.2) is 45.7 Å². The molecule has 0 bridgehead atoms. The van der Waals surface area contributed by atoms with Crippen LogP contribution in [0.25, 0.3) is 11.3 Å². The summed E-state index contributed by atoms with van der Waals surface area (Å²) in [6, 6.07) is 10.1. The summed E-state index contributed by atoms with van der Waals surface area (Å²) in [5.74, 6) is 0.656. The number of anilines is 1. The predicted octanol–water partition coefficient (Wildman–Crippen LogP) is 4.98. The van der Waals surface area contributed by atoms with Gasteiger partial charge >= 0.3 is 0 Å². The zero-order valence-electron chi connectivity index (χ0n) is 16.8. The molecule has 0 atom stereocenters. The van der Waals surface area contributed by atoms with E-state index >= 15 is 0 Å². The maximum Gasteiger partial charge on any atom is 0.251 e. The van der Waals surface area contributed by atoms with Crippen LogP contribution in [0, 0.1) is 6.92 Å². The molecule has 1 amide bonds. The zero-order valence-corrected chi connectivity index (χ0v) is 18.4. The molecule has 1 aliphatic carbocycles. The molecule has 30 heavy (non-hydrogen) atoms. The summed E-state index contributed by atoms with van der Waals surface area (Å²) >= 11 is 2.60. The Morgan fingerprint density at radius 3 is 2.70 bits per heavy atom. The van der Waals surface area contributed by atoms with Gasteiger partial charge in [-0.15, -0.1) is 11.3 Å². The second-order valence-electron chi connectivity index (χ2n) is 7.52. The smallest absolute Gasteiger partial charge is 0.251 e. The quantitative estimate of drug-likeness (QED) is 0.417. The summed E-state index contributed by atoms with van der Waals surface area (Å²) < 4.78 is 0. The first-order chi connectivity index (χ1) is 14.6. The number of amides is 1. The number of rotatable bonds is 6. The Hall–Kier alpha value is -2.45. The van der Waals surface area contributed by atoms with Gasteiger partial charge in [0.25, 0.3) is 5.56 Å². The van der Waals surface area contributed by atoms with E-state index in [4.69, 9.17) is 0 Å². The van der Waals surface area contributed by atoms with Crippen LogP contribution in [-0.4, -0.2) is 26.6 Å². The number of aryl methyl sites for hydroxylation is 1. The standard InChI is InChI=1S/C22H24N4O2S2/c1-14-11-19(27)25-21(23-14)30-13-20(28)26-22-24-18(12-29-22)17-9-7-16(8-10-17)15-5-3-2-4-6-15/h7-12,15H,2-6,13H2,1H3,(H,23,25,27)(H,24,26,28). The van der Waals surface area contributed by atoms with E-state index in [1.807, 2.05) is 5.38 Å². The summed E-state index contributed by atoms with van der Waals surface area (Å²) in [5.41, 5.74) is 3.75. The van der Waals surface area contributed by atoms with Crippen LogP contribution in [0.4, 0.5) is 5.13 Å². The van der Waals surface area contributed by atoms with Crippen molar-refractivity contribution in [3.8, 4) is 11.3 Å². The minimum atomic E-state index is -0.218. The first kappa shape index (κ1) is 20.8. The van der Waals surface area contributed by atoms with Gasteiger partial charge in [-0.1, -0.05) is 55.3 Å². The van der Waals surface area contributed by atoms with Gasteiger partial charge < -0.3 is 10.3 Å². The van der Waals surface area contributed by atoms with Gasteiger partial charge in [0.1, 0.15) is 0 Å². The van der Waals surface area contributed by atoms with E-state index in [2.05, 4.69) is 44.5 Å². The number of aromatic amines is 1. The third-order valence-corrected chi connectivity index (χ3v) is 6.85. The lowest BCUT2D eigenvalue weighted by molar-refractivity contribution is -0.113. The van der Waals surface area contributed by atoms with Crippen molar-refractivity contribution in [1.82, 2.24) is 15.0 Å². The van der Waals surface area contributed by atoms with Crippen molar-refractivity contribution in [2.75, 3.05) is 11.1 Å². The van der Waals surface area contributed by atoms with Gasteiger partial charge in [-0.05, 0) is 31.2 Å². The Morgan fingerprint density at radius 1 is 1.20 bits per heavy atom. The Balaban J connectivity index is 1.34. The van der Waals surface area contributed by atoms with Gasteiger partial charge in [0.2, 0.25) is 5.91 Å². The van der Waals surface area contributed by atoms with Crippen molar-refractivity contribution in [3.05, 3.63) is 57.3 Å². The van der Waals surface area contributed by atoms with Crippen LogP contribution in [0.2, 0.25) is 0 Å². The SMILES string of the molecule is Cc1cc(=O)[nH]c(SCC(=O)Nc2nc(-c3ccc(C4CCCCC4)cc3)cs2)n1. The van der Waals surface area contributed by atoms with Crippen molar-refractivity contribution in [3.63, 3.8) is 0 Å². The summed E-state index contributed by atoms with van der Waals surface area (Å²) in [4.78, 5) is 35.1. The lowest BCUT2D eigenvalue weighted by Gasteiger charge is -2.22. The van der Waals surface area contributed by atoms with Gasteiger partial charge in [0.05, 0.1) is 11.4 Å². The van der Waals surface area contributed by atoms with Crippen LogP contribution in [0.1, 0.15) is 49.3 Å². The number of benzene rings is 1. The zero-order chi connectivity index (χ0) is 20.9. The number of carbonyl (C=O) groups is 1. The molecule has 0 radical (unpaired) electrons. The highest BCUT2D eigenvalue weighted by atomic mass is 32.2. The van der Waals surface area contributed by atoms with Gasteiger partial charge in [-0.25, -0.2) is 9.97 Å². The van der Waals surface area contributed by atoms with Gasteiger partial charge in [0.15, 0.2) is 10.3 Å². The highest BCUT2D eigenvalue weighted by Crippen LogP contribution is 2.34. The van der Waals surface area contributed by atoms with Crippen molar-refractivity contribution in [1.29, 1.82) is 0 Å². The van der Waals surface area contributed by atoms with Crippen LogP contribution >= 0.6 is 23.1 Å². The molecule has 156 valence electrons. The molecule has 8 heteroatoms. The topological polar surface area (TPSA) is 87.7 Å². The van der Waals surface area contributed by atoms with E-state index in [0.29, 0.717) is 21.9 Å². The summed E-state index contributed by atoms with van der Waals surface area (Å²) in [6.45, 7) is 1.75. The molecule has 2 N–H and O–H groups in total. The second-order valence-corrected chi connectivity index (χ2v) is 9.35. The van der Waals surface area contributed by atoms with E-state index in [9.17, 15) is 9.59 Å². The molecule has 1 saturated carbocycles. The fraction of sp³-hybridized carbons (Fsp3) is 0.364. The van der Waals surface area contributed by atoms with Crippen LogP contribution < -0.4 is 10.9 Å². The molecule has 0 spiro atoms. The molecule has 3 aromatic rings. The predicted molar refractivity (Wildman–Crippen MR) is 122 cm³/mol. The molecule has 1 aliphatic rings. The molecule has 6 nitrogen and oxygen atoms in total. The molecule has 0 saturated heterocycles. The molecule has 4 rings (SSSR count). The number of H-pyrrole nitrogens is 1. The number of carbonyl (C=O) groups excluding carboxylic acids is 1. The third kappa shape index (κ3) is 5.37. The van der Waals surface area contributed by atoms with Gasteiger partial charge in [-0.3, -0.25) is 9.59 Å². The largest absolute Gasteiger partial charge is 0.301 e. The highest BCUT2D eigenvalue weighted by Gasteiger charge is 2.16.